The number of amides is 1. The molecule has 3 aromatic rings. The lowest BCUT2D eigenvalue weighted by Gasteiger charge is -2.17. The van der Waals surface area contributed by atoms with Crippen molar-refractivity contribution in [1.29, 1.82) is 0 Å². The highest BCUT2D eigenvalue weighted by Crippen LogP contribution is 2.25. The second-order valence-corrected chi connectivity index (χ2v) is 8.12. The highest BCUT2D eigenvalue weighted by Gasteiger charge is 2.28. The van der Waals surface area contributed by atoms with Crippen LogP contribution < -0.4 is 9.62 Å². The van der Waals surface area contributed by atoms with Crippen molar-refractivity contribution in [3.05, 3.63) is 60.4 Å². The van der Waals surface area contributed by atoms with Crippen LogP contribution in [0.1, 0.15) is 16.8 Å². The number of nitrogens with zero attached hydrogens (tertiary/aromatic N) is 3. The van der Waals surface area contributed by atoms with Crippen molar-refractivity contribution in [3.8, 4) is 11.5 Å². The lowest BCUT2D eigenvalue weighted by molar-refractivity contribution is 0.102. The first-order chi connectivity index (χ1) is 13.0. The van der Waals surface area contributed by atoms with Gasteiger partial charge in [0.2, 0.25) is 10.0 Å². The number of anilines is 2. The Bertz CT molecular complexity index is 1080. The molecule has 0 bridgehead atoms. The first-order valence-corrected chi connectivity index (χ1v) is 10.0. The number of hydrogen-bond acceptors (Lipinski definition) is 5. The number of hydrogen-bond donors (Lipinski definition) is 2. The quantitative estimate of drug-likeness (QED) is 0.718. The maximum Gasteiger partial charge on any atom is 0.256 e. The molecule has 0 spiro atoms. The van der Waals surface area contributed by atoms with Gasteiger partial charge in [-0.25, -0.2) is 13.4 Å². The Kier molecular flexibility index (Phi) is 4.36. The first kappa shape index (κ1) is 17.2. The maximum absolute atomic E-state index is 12.5. The lowest BCUT2D eigenvalue weighted by atomic mass is 10.2. The summed E-state index contributed by atoms with van der Waals surface area (Å²) in [5, 5.41) is 2.73. The molecule has 4 rings (SSSR count). The molecular weight excluding hydrogens is 366 g/mol. The van der Waals surface area contributed by atoms with Crippen molar-refractivity contribution in [3.63, 3.8) is 0 Å². The van der Waals surface area contributed by atoms with Crippen LogP contribution >= 0.6 is 0 Å². The second kappa shape index (κ2) is 6.84. The lowest BCUT2D eigenvalue weighted by Crippen LogP contribution is -2.25. The molecule has 8 nitrogen and oxygen atoms in total. The number of benzene rings is 1. The molecule has 1 fully saturated rings. The normalized spacial score (nSPS) is 15.6. The number of aromatic nitrogens is 3. The fourth-order valence-corrected chi connectivity index (χ4v) is 4.50. The molecule has 1 aliphatic rings. The molecule has 9 heteroatoms. The molecule has 0 atom stereocenters. The van der Waals surface area contributed by atoms with Gasteiger partial charge < -0.3 is 10.3 Å². The molecule has 0 unspecified atom stereocenters. The van der Waals surface area contributed by atoms with Gasteiger partial charge in [-0.2, -0.15) is 0 Å². The van der Waals surface area contributed by atoms with Gasteiger partial charge in [-0.1, -0.05) is 12.1 Å². The Morgan fingerprint density at radius 2 is 2.04 bits per heavy atom. The average Bonchev–Trinajstić information content (AvgIpc) is 3.28. The predicted molar refractivity (Wildman–Crippen MR) is 102 cm³/mol. The molecule has 1 aromatic carbocycles. The summed E-state index contributed by atoms with van der Waals surface area (Å²) in [5.41, 5.74) is 1.53. The zero-order valence-corrected chi connectivity index (χ0v) is 15.1. The van der Waals surface area contributed by atoms with E-state index in [9.17, 15) is 13.2 Å². The Hall–Kier alpha value is -3.20. The van der Waals surface area contributed by atoms with Gasteiger partial charge >= 0.3 is 0 Å². The Morgan fingerprint density at radius 1 is 1.15 bits per heavy atom. The number of sulfonamides is 1. The summed E-state index contributed by atoms with van der Waals surface area (Å²) in [4.78, 5) is 24.0. The van der Waals surface area contributed by atoms with E-state index in [1.165, 1.54) is 10.5 Å². The van der Waals surface area contributed by atoms with Crippen LogP contribution in [-0.4, -0.2) is 41.6 Å². The van der Waals surface area contributed by atoms with Crippen molar-refractivity contribution in [2.45, 2.75) is 6.42 Å². The zero-order valence-electron chi connectivity index (χ0n) is 14.3. The number of carbonyl (C=O) groups excluding carboxylic acids is 1. The topological polar surface area (TPSA) is 108 Å². The van der Waals surface area contributed by atoms with E-state index < -0.39 is 10.0 Å². The van der Waals surface area contributed by atoms with Crippen molar-refractivity contribution in [2.75, 3.05) is 21.9 Å². The molecule has 27 heavy (non-hydrogen) atoms. The van der Waals surface area contributed by atoms with E-state index in [0.29, 0.717) is 41.6 Å². The molecule has 1 saturated heterocycles. The van der Waals surface area contributed by atoms with Crippen LogP contribution in [0, 0.1) is 0 Å². The third-order valence-corrected chi connectivity index (χ3v) is 6.10. The number of imidazole rings is 1. The molecule has 3 heterocycles. The van der Waals surface area contributed by atoms with Gasteiger partial charge in [-0.3, -0.25) is 14.1 Å². The van der Waals surface area contributed by atoms with Gasteiger partial charge in [-0.15, -0.1) is 0 Å². The summed E-state index contributed by atoms with van der Waals surface area (Å²) >= 11 is 0. The van der Waals surface area contributed by atoms with Crippen molar-refractivity contribution >= 4 is 27.4 Å². The number of rotatable bonds is 4. The Morgan fingerprint density at radius 3 is 2.78 bits per heavy atom. The Labute approximate surface area is 156 Å². The summed E-state index contributed by atoms with van der Waals surface area (Å²) < 4.78 is 25.5. The van der Waals surface area contributed by atoms with E-state index in [-0.39, 0.29) is 11.7 Å². The first-order valence-electron chi connectivity index (χ1n) is 8.41. The fourth-order valence-electron chi connectivity index (χ4n) is 2.94. The van der Waals surface area contributed by atoms with Gasteiger partial charge in [0.25, 0.3) is 5.91 Å². The van der Waals surface area contributed by atoms with Gasteiger partial charge in [0.05, 0.1) is 17.6 Å². The smallest absolute Gasteiger partial charge is 0.256 e. The molecule has 0 saturated carbocycles. The van der Waals surface area contributed by atoms with E-state index in [0.717, 1.165) is 0 Å². The van der Waals surface area contributed by atoms with E-state index in [2.05, 4.69) is 20.3 Å². The minimum Gasteiger partial charge on any atom is -0.323 e. The molecule has 0 aliphatic carbocycles. The SMILES string of the molecule is O=C(Nc1cnc(-c2ccccn2)[nH]1)c1cccc(N2CCCS2(=O)=O)c1. The maximum atomic E-state index is 12.5. The minimum absolute atomic E-state index is 0.133. The Balaban J connectivity index is 1.52. The monoisotopic (exact) mass is 383 g/mol. The summed E-state index contributed by atoms with van der Waals surface area (Å²) in [6.45, 7) is 0.432. The largest absolute Gasteiger partial charge is 0.323 e. The van der Waals surface area contributed by atoms with Crippen LogP contribution in [0.4, 0.5) is 11.5 Å². The summed E-state index contributed by atoms with van der Waals surface area (Å²) in [7, 11) is -3.29. The summed E-state index contributed by atoms with van der Waals surface area (Å²) in [6, 6.07) is 12.0. The van der Waals surface area contributed by atoms with Crippen LogP contribution in [-0.2, 0) is 10.0 Å². The predicted octanol–water partition coefficient (Wildman–Crippen LogP) is 2.26. The van der Waals surface area contributed by atoms with Crippen molar-refractivity contribution < 1.29 is 13.2 Å². The van der Waals surface area contributed by atoms with Gasteiger partial charge in [0.1, 0.15) is 11.5 Å². The number of carbonyl (C=O) groups is 1. The van der Waals surface area contributed by atoms with Crippen molar-refractivity contribution in [1.82, 2.24) is 15.0 Å². The standard InChI is InChI=1S/C18H17N5O3S/c24-18(22-16-12-20-17(21-16)15-7-1-2-8-19-15)13-5-3-6-14(11-13)23-9-4-10-27(23,25)26/h1-3,5-8,11-12H,4,9-10H2,(H,20,21)(H,22,24). The van der Waals surface area contributed by atoms with E-state index in [4.69, 9.17) is 0 Å². The fraction of sp³-hybridized carbons (Fsp3) is 0.167. The molecule has 0 radical (unpaired) electrons. The molecule has 2 aromatic heterocycles. The van der Waals surface area contributed by atoms with Gasteiger partial charge in [-0.05, 0) is 36.8 Å². The minimum atomic E-state index is -3.29. The molecular formula is C18H17N5O3S. The van der Waals surface area contributed by atoms with Crippen LogP contribution in [0.25, 0.3) is 11.5 Å². The van der Waals surface area contributed by atoms with Gasteiger partial charge in [0.15, 0.2) is 5.82 Å². The third-order valence-electron chi connectivity index (χ3n) is 4.23. The van der Waals surface area contributed by atoms with Crippen molar-refractivity contribution in [2.24, 2.45) is 0 Å². The third kappa shape index (κ3) is 3.54. The number of aromatic amines is 1. The van der Waals surface area contributed by atoms with Crippen LogP contribution in [0.3, 0.4) is 0 Å². The van der Waals surface area contributed by atoms with Crippen LogP contribution in [0.15, 0.2) is 54.9 Å². The molecule has 138 valence electrons. The average molecular weight is 383 g/mol. The zero-order chi connectivity index (χ0) is 18.9. The van der Waals surface area contributed by atoms with Gasteiger partial charge in [0, 0.05) is 18.3 Å². The molecule has 1 aliphatic heterocycles. The van der Waals surface area contributed by atoms with E-state index >= 15 is 0 Å². The summed E-state index contributed by atoms with van der Waals surface area (Å²) in [6.07, 6.45) is 3.76. The second-order valence-electron chi connectivity index (χ2n) is 6.11. The number of pyridine rings is 1. The van der Waals surface area contributed by atoms with E-state index in [1.807, 2.05) is 18.2 Å². The number of nitrogens with one attached hydrogen (secondary N) is 2. The molecule has 1 amide bonds. The van der Waals surface area contributed by atoms with Crippen LogP contribution in [0.5, 0.6) is 0 Å². The number of H-pyrrole nitrogens is 1. The highest BCUT2D eigenvalue weighted by molar-refractivity contribution is 7.93. The highest BCUT2D eigenvalue weighted by atomic mass is 32.2. The van der Waals surface area contributed by atoms with Crippen LogP contribution in [0.2, 0.25) is 0 Å². The molecule has 2 N–H and O–H groups in total. The summed E-state index contributed by atoms with van der Waals surface area (Å²) in [5.74, 6) is 0.751. The van der Waals surface area contributed by atoms with E-state index in [1.54, 1.807) is 30.5 Å².